The maximum Gasteiger partial charge on any atom is 0.338 e. The number of benzene rings is 3. The number of allylic oxidation sites excluding steroid dienone is 2. The molecule has 1 saturated carbocycles. The number of hydrogen-bond acceptors (Lipinski definition) is 4. The van der Waals surface area contributed by atoms with Crippen molar-refractivity contribution < 1.29 is 14.3 Å². The van der Waals surface area contributed by atoms with E-state index in [4.69, 9.17) is 9.47 Å². The lowest BCUT2D eigenvalue weighted by Gasteiger charge is -2.43. The number of esters is 1. The van der Waals surface area contributed by atoms with Crippen molar-refractivity contribution in [3.8, 4) is 11.5 Å². The smallest absolute Gasteiger partial charge is 0.338 e. The lowest BCUT2D eigenvalue weighted by Crippen LogP contribution is -2.49. The maximum absolute atomic E-state index is 13.7. The van der Waals surface area contributed by atoms with Crippen LogP contribution in [0.5, 0.6) is 11.5 Å². The van der Waals surface area contributed by atoms with Crippen LogP contribution in [0, 0.1) is 11.8 Å². The Labute approximate surface area is 273 Å². The highest BCUT2D eigenvalue weighted by Gasteiger charge is 2.37. The third-order valence-corrected chi connectivity index (χ3v) is 10.7. The summed E-state index contributed by atoms with van der Waals surface area (Å²) in [6.45, 7) is 22.3. The van der Waals surface area contributed by atoms with Gasteiger partial charge in [-0.05, 0) is 101 Å². The summed E-state index contributed by atoms with van der Waals surface area (Å²) in [5.74, 6) is 2.44. The highest BCUT2D eigenvalue weighted by Crippen LogP contribution is 2.47. The first-order valence-electron chi connectivity index (χ1n) is 17.0. The molecule has 0 amide bonds. The molecule has 0 aromatic heterocycles. The summed E-state index contributed by atoms with van der Waals surface area (Å²) in [4.78, 5) is 16.2. The van der Waals surface area contributed by atoms with Crippen molar-refractivity contribution in [2.45, 2.75) is 79.8 Å². The Bertz CT molecular complexity index is 1990. The average Bonchev–Trinajstić information content (AvgIpc) is 3.71. The fraction of sp³-hybridized carbons (Fsp3) is 0.415. The molecular formula is C41H47N2O3+. The van der Waals surface area contributed by atoms with E-state index in [1.54, 1.807) is 0 Å². The van der Waals surface area contributed by atoms with Crippen molar-refractivity contribution in [1.82, 2.24) is 4.58 Å². The Balaban J connectivity index is 1.53. The number of fused-ring (bicyclic) bond motifs is 4. The van der Waals surface area contributed by atoms with Gasteiger partial charge in [-0.15, -0.1) is 0 Å². The van der Waals surface area contributed by atoms with Crippen molar-refractivity contribution in [3.05, 3.63) is 99.1 Å². The van der Waals surface area contributed by atoms with Gasteiger partial charge in [-0.2, -0.15) is 0 Å². The number of hydrogen-bond donors (Lipinski definition) is 0. The highest BCUT2D eigenvalue weighted by molar-refractivity contribution is 6.00. The molecule has 3 aromatic rings. The van der Waals surface area contributed by atoms with Crippen molar-refractivity contribution in [2.24, 2.45) is 11.8 Å². The predicted octanol–water partition coefficient (Wildman–Crippen LogP) is 7.58. The molecule has 3 aliphatic heterocycles. The number of carbonyl (C=O) groups excluding carboxylic acids is 1. The van der Waals surface area contributed by atoms with Crippen molar-refractivity contribution in [1.29, 1.82) is 0 Å². The van der Waals surface area contributed by atoms with E-state index in [2.05, 4.69) is 114 Å². The van der Waals surface area contributed by atoms with E-state index in [0.717, 1.165) is 52.9 Å². The predicted molar refractivity (Wildman–Crippen MR) is 188 cm³/mol. The van der Waals surface area contributed by atoms with Crippen LogP contribution in [0.25, 0.3) is 16.7 Å². The fourth-order valence-electron chi connectivity index (χ4n) is 8.25. The topological polar surface area (TPSA) is 41.8 Å². The van der Waals surface area contributed by atoms with E-state index in [0.29, 0.717) is 24.0 Å². The normalized spacial score (nSPS) is 21.6. The van der Waals surface area contributed by atoms with Crippen LogP contribution < -0.4 is 24.8 Å². The largest absolute Gasteiger partial charge is 0.462 e. The standard InChI is InChI=1S/C41H47N2O3/c1-10-42-34-19-36-32(17-30(34)25(4)21-40(42,6)7)38(28-14-12-13-15-29(28)39(44)45-23-27-16-24(27)3)33-18-31-26(5)22-41(8,9)43(11-2)35(31)20-37(33)46-36/h12-15,17-22,24,27H,10-11,16,23H2,1-9H3/q+1. The van der Waals surface area contributed by atoms with Gasteiger partial charge < -0.3 is 14.4 Å². The van der Waals surface area contributed by atoms with Gasteiger partial charge in [-0.3, -0.25) is 0 Å². The van der Waals surface area contributed by atoms with Crippen LogP contribution in [0.1, 0.15) is 101 Å². The number of anilines is 1. The molecule has 0 saturated heterocycles. The zero-order valence-electron chi connectivity index (χ0n) is 28.9. The van der Waals surface area contributed by atoms with Gasteiger partial charge in [0.15, 0.2) is 5.54 Å². The van der Waals surface area contributed by atoms with Gasteiger partial charge in [0.1, 0.15) is 18.0 Å². The first-order valence-corrected chi connectivity index (χ1v) is 17.0. The van der Waals surface area contributed by atoms with Gasteiger partial charge >= 0.3 is 5.97 Å². The average molecular weight is 616 g/mol. The molecule has 0 spiro atoms. The quantitative estimate of drug-likeness (QED) is 0.166. The van der Waals surface area contributed by atoms with Crippen molar-refractivity contribution in [2.75, 3.05) is 24.6 Å². The summed E-state index contributed by atoms with van der Waals surface area (Å²) in [6.07, 6.45) is 5.84. The first kappa shape index (κ1) is 30.5. The van der Waals surface area contributed by atoms with E-state index in [-0.39, 0.29) is 17.0 Å². The second kappa shape index (κ2) is 10.7. The molecule has 0 bridgehead atoms. The van der Waals surface area contributed by atoms with E-state index in [1.807, 2.05) is 18.2 Å². The molecule has 3 aromatic carbocycles. The van der Waals surface area contributed by atoms with Crippen LogP contribution in [-0.4, -0.2) is 36.7 Å². The Hall–Kier alpha value is -4.12. The highest BCUT2D eigenvalue weighted by atomic mass is 16.5. The third kappa shape index (κ3) is 4.82. The summed E-state index contributed by atoms with van der Waals surface area (Å²) in [6, 6.07) is 16.9. The van der Waals surface area contributed by atoms with Crippen LogP contribution in [0.4, 0.5) is 5.69 Å². The Morgan fingerprint density at radius 2 is 1.65 bits per heavy atom. The monoisotopic (exact) mass is 615 g/mol. The van der Waals surface area contributed by atoms with Crippen molar-refractivity contribution in [3.63, 3.8) is 0 Å². The third-order valence-electron chi connectivity index (χ3n) is 10.7. The maximum atomic E-state index is 13.7. The molecule has 5 heteroatoms. The molecule has 4 aliphatic rings. The van der Waals surface area contributed by atoms with Gasteiger partial charge in [-0.1, -0.05) is 31.2 Å². The minimum atomic E-state index is -0.266. The molecule has 3 heterocycles. The van der Waals surface area contributed by atoms with E-state index >= 15 is 0 Å². The van der Waals surface area contributed by atoms with Gasteiger partial charge in [0, 0.05) is 59.6 Å². The SMILES string of the molecule is CCN1c2cc3c(cc2C(C)=CC1(C)C)C(c1ccccc1C(=O)OCC1CC1C)=c1cc2c(cc1O3)=[N+](CC)C(C)(C)C=C2C. The number of nitrogens with zero attached hydrogens (tertiary/aromatic N) is 2. The number of rotatable bonds is 6. The summed E-state index contributed by atoms with van der Waals surface area (Å²) in [5, 5.41) is 2.17. The molecule has 1 fully saturated rings. The lowest BCUT2D eigenvalue weighted by molar-refractivity contribution is 0.0481. The second-order valence-corrected chi connectivity index (χ2v) is 14.8. The Kier molecular flexibility index (Phi) is 7.11. The summed E-state index contributed by atoms with van der Waals surface area (Å²) < 4.78 is 15.3. The van der Waals surface area contributed by atoms with Crippen LogP contribution in [0.2, 0.25) is 0 Å². The van der Waals surface area contributed by atoms with E-state index < -0.39 is 0 Å². The number of likely N-dealkylation sites (N-methyl/N-ethyl adjacent to an activating group) is 2. The summed E-state index contributed by atoms with van der Waals surface area (Å²) in [5.41, 5.74) is 9.28. The zero-order valence-corrected chi connectivity index (χ0v) is 28.9. The summed E-state index contributed by atoms with van der Waals surface area (Å²) in [7, 11) is 0. The molecule has 1 aliphatic carbocycles. The minimum absolute atomic E-state index is 0.120. The first-order chi connectivity index (χ1) is 21.8. The Morgan fingerprint density at radius 1 is 0.935 bits per heavy atom. The molecular weight excluding hydrogens is 568 g/mol. The van der Waals surface area contributed by atoms with Gasteiger partial charge in [0.25, 0.3) is 0 Å². The van der Waals surface area contributed by atoms with Crippen LogP contribution >= 0.6 is 0 Å². The lowest BCUT2D eigenvalue weighted by atomic mass is 9.83. The molecule has 5 nitrogen and oxygen atoms in total. The van der Waals surface area contributed by atoms with Crippen molar-refractivity contribution >= 4 is 28.4 Å². The molecule has 0 N–H and O–H groups in total. The van der Waals surface area contributed by atoms with E-state index in [1.165, 1.54) is 33.3 Å². The van der Waals surface area contributed by atoms with Crippen LogP contribution in [-0.2, 0) is 4.74 Å². The van der Waals surface area contributed by atoms with Crippen LogP contribution in [0.3, 0.4) is 0 Å². The molecule has 238 valence electrons. The van der Waals surface area contributed by atoms with Gasteiger partial charge in [0.05, 0.1) is 23.8 Å². The van der Waals surface area contributed by atoms with Gasteiger partial charge in [-0.25, -0.2) is 9.37 Å². The molecule has 0 radical (unpaired) electrons. The molecule has 46 heavy (non-hydrogen) atoms. The Morgan fingerprint density at radius 3 is 2.35 bits per heavy atom. The van der Waals surface area contributed by atoms with Gasteiger partial charge in [0.2, 0.25) is 5.36 Å². The molecule has 7 rings (SSSR count). The molecule has 2 unspecified atom stereocenters. The zero-order chi connectivity index (χ0) is 32.7. The van der Waals surface area contributed by atoms with Crippen LogP contribution in [0.15, 0.2) is 60.7 Å². The summed E-state index contributed by atoms with van der Waals surface area (Å²) >= 11 is 0. The van der Waals surface area contributed by atoms with E-state index in [9.17, 15) is 4.79 Å². The second-order valence-electron chi connectivity index (χ2n) is 14.8. The minimum Gasteiger partial charge on any atom is -0.462 e. The number of ether oxygens (including phenoxy) is 2. The number of carbonyl (C=O) groups is 1. The fourth-order valence-corrected chi connectivity index (χ4v) is 8.25. The molecule has 2 atom stereocenters.